The van der Waals surface area contributed by atoms with Crippen molar-refractivity contribution >= 4 is 22.7 Å². The zero-order valence-electron chi connectivity index (χ0n) is 17.8. The fourth-order valence-electron chi connectivity index (χ4n) is 3.51. The number of furan rings is 1. The molecule has 0 fully saturated rings. The van der Waals surface area contributed by atoms with E-state index in [1.807, 2.05) is 19.1 Å². The molecular weight excluding hydrogens is 390 g/mol. The van der Waals surface area contributed by atoms with Gasteiger partial charge < -0.3 is 14.1 Å². The number of hydrogen-bond donors (Lipinski definition) is 0. The normalized spacial score (nSPS) is 15.3. The van der Waals surface area contributed by atoms with E-state index in [0.29, 0.717) is 50.2 Å². The Labute approximate surface area is 176 Å². The molecule has 1 atom stereocenters. The average molecular weight is 424 g/mol. The highest BCUT2D eigenvalue weighted by atomic mass is 32.2. The maximum atomic E-state index is 13.0. The average Bonchev–Trinajstić information content (AvgIpc) is 3.19. The van der Waals surface area contributed by atoms with Crippen molar-refractivity contribution in [3.05, 3.63) is 34.9 Å². The molecule has 6 nitrogen and oxygen atoms in total. The maximum Gasteiger partial charge on any atom is 0.335 e. The van der Waals surface area contributed by atoms with E-state index in [9.17, 15) is 13.8 Å². The Morgan fingerprint density at radius 2 is 1.86 bits per heavy atom. The fourth-order valence-corrected chi connectivity index (χ4v) is 4.15. The van der Waals surface area contributed by atoms with Crippen LogP contribution in [0.4, 0.5) is 0 Å². The molecule has 0 aliphatic heterocycles. The number of carbonyl (C=O) groups is 2. The third-order valence-corrected chi connectivity index (χ3v) is 6.28. The smallest absolute Gasteiger partial charge is 0.335 e. The highest BCUT2D eigenvalue weighted by Gasteiger charge is 2.28. The van der Waals surface area contributed by atoms with E-state index in [2.05, 4.69) is 0 Å². The maximum absolute atomic E-state index is 13.0. The lowest BCUT2D eigenvalue weighted by molar-refractivity contribution is -0.139. The largest absolute Gasteiger partial charge is 0.466 e. The van der Waals surface area contributed by atoms with Gasteiger partial charge in [-0.2, -0.15) is 0 Å². The minimum absolute atomic E-state index is 0.0170. The number of amides is 1. The van der Waals surface area contributed by atoms with Crippen molar-refractivity contribution in [2.24, 2.45) is 0 Å². The van der Waals surface area contributed by atoms with E-state index in [1.54, 1.807) is 18.7 Å². The molecule has 0 N–H and O–H groups in total. The van der Waals surface area contributed by atoms with Gasteiger partial charge in [-0.1, -0.05) is 13.8 Å². The molecular formula is C22H33NO5S. The number of allylic oxidation sites excluding steroid dienone is 1. The first-order valence-electron chi connectivity index (χ1n) is 10.6. The Kier molecular flexibility index (Phi) is 9.64. The first-order valence-corrected chi connectivity index (χ1v) is 12.1. The van der Waals surface area contributed by atoms with Crippen molar-refractivity contribution in [3.63, 3.8) is 0 Å². The molecule has 1 aromatic rings. The summed E-state index contributed by atoms with van der Waals surface area (Å²) >= 11 is 0. The van der Waals surface area contributed by atoms with Crippen LogP contribution in [0.1, 0.15) is 64.4 Å². The SMILES string of the molecule is CCOC(=O)C1=C(N(CCCc2ccc(CC)o2)C(=O)CS(=O)CC)CCCC1. The van der Waals surface area contributed by atoms with Gasteiger partial charge in [-0.3, -0.25) is 9.00 Å². The number of esters is 1. The van der Waals surface area contributed by atoms with Gasteiger partial charge in [-0.15, -0.1) is 0 Å². The van der Waals surface area contributed by atoms with Crippen molar-refractivity contribution in [1.29, 1.82) is 0 Å². The predicted octanol–water partition coefficient (Wildman–Crippen LogP) is 3.76. The summed E-state index contributed by atoms with van der Waals surface area (Å²) in [5.74, 6) is 1.75. The van der Waals surface area contributed by atoms with Crippen LogP contribution >= 0.6 is 0 Å². The van der Waals surface area contributed by atoms with Gasteiger partial charge in [0, 0.05) is 41.6 Å². The summed E-state index contributed by atoms with van der Waals surface area (Å²) in [5.41, 5.74) is 1.35. The van der Waals surface area contributed by atoms with Gasteiger partial charge in [0.15, 0.2) is 0 Å². The second-order valence-electron chi connectivity index (χ2n) is 7.10. The minimum atomic E-state index is -1.20. The zero-order valence-corrected chi connectivity index (χ0v) is 18.6. The van der Waals surface area contributed by atoms with Crippen LogP contribution in [0.25, 0.3) is 0 Å². The molecule has 7 heteroatoms. The molecule has 0 aromatic carbocycles. The molecule has 1 amide bonds. The number of ether oxygens (including phenoxy) is 1. The second-order valence-corrected chi connectivity index (χ2v) is 8.84. The monoisotopic (exact) mass is 423 g/mol. The van der Waals surface area contributed by atoms with Gasteiger partial charge >= 0.3 is 5.97 Å². The third kappa shape index (κ3) is 6.84. The molecule has 1 aliphatic rings. The van der Waals surface area contributed by atoms with E-state index >= 15 is 0 Å². The quantitative estimate of drug-likeness (QED) is 0.507. The number of rotatable bonds is 11. The van der Waals surface area contributed by atoms with Crippen LogP contribution in [-0.4, -0.2) is 45.6 Å². The van der Waals surface area contributed by atoms with Crippen LogP contribution in [0.3, 0.4) is 0 Å². The molecule has 1 aromatic heterocycles. The molecule has 1 unspecified atom stereocenters. The fraction of sp³-hybridized carbons (Fsp3) is 0.636. The number of carbonyl (C=O) groups excluding carboxylic acids is 2. The summed E-state index contributed by atoms with van der Waals surface area (Å²) in [5, 5.41) is 0. The summed E-state index contributed by atoms with van der Waals surface area (Å²) in [4.78, 5) is 27.1. The first kappa shape index (κ1) is 23.4. The van der Waals surface area contributed by atoms with Crippen LogP contribution in [0.2, 0.25) is 0 Å². The summed E-state index contributed by atoms with van der Waals surface area (Å²) < 4.78 is 23.0. The lowest BCUT2D eigenvalue weighted by Crippen LogP contribution is -2.37. The first-order chi connectivity index (χ1) is 14.0. The van der Waals surface area contributed by atoms with Crippen molar-refractivity contribution < 1.29 is 23.0 Å². The second kappa shape index (κ2) is 12.0. The molecule has 1 aliphatic carbocycles. The van der Waals surface area contributed by atoms with Gasteiger partial charge in [0.1, 0.15) is 17.3 Å². The molecule has 29 heavy (non-hydrogen) atoms. The zero-order chi connectivity index (χ0) is 21.2. The van der Waals surface area contributed by atoms with Crippen LogP contribution in [-0.2, 0) is 38.0 Å². The molecule has 0 spiro atoms. The summed E-state index contributed by atoms with van der Waals surface area (Å²) in [7, 11) is -1.20. The van der Waals surface area contributed by atoms with Crippen LogP contribution in [0.5, 0.6) is 0 Å². The summed E-state index contributed by atoms with van der Waals surface area (Å²) in [6.45, 7) is 6.41. The van der Waals surface area contributed by atoms with Gasteiger partial charge in [0.2, 0.25) is 5.91 Å². The highest BCUT2D eigenvalue weighted by molar-refractivity contribution is 7.85. The lowest BCUT2D eigenvalue weighted by Gasteiger charge is -2.30. The molecule has 0 saturated carbocycles. The molecule has 1 heterocycles. The Morgan fingerprint density at radius 1 is 1.14 bits per heavy atom. The van der Waals surface area contributed by atoms with E-state index < -0.39 is 10.8 Å². The molecule has 162 valence electrons. The van der Waals surface area contributed by atoms with Crippen LogP contribution in [0, 0.1) is 0 Å². The van der Waals surface area contributed by atoms with E-state index in [4.69, 9.17) is 9.15 Å². The summed E-state index contributed by atoms with van der Waals surface area (Å²) in [6.07, 6.45) is 5.39. The Bertz CT molecular complexity index is 752. The molecule has 0 saturated heterocycles. The topological polar surface area (TPSA) is 76.8 Å². The number of hydrogen-bond acceptors (Lipinski definition) is 5. The van der Waals surface area contributed by atoms with Gasteiger partial charge in [0.05, 0.1) is 12.2 Å². The Morgan fingerprint density at radius 3 is 2.52 bits per heavy atom. The molecule has 0 bridgehead atoms. The standard InChI is InChI=1S/C22H33NO5S/c1-4-17-13-14-18(28-17)10-9-15-23(21(24)16-29(26)6-3)20-12-8-7-11-19(20)22(25)27-5-2/h13-14H,4-12,15-16H2,1-3H3. The van der Waals surface area contributed by atoms with Crippen molar-refractivity contribution in [3.8, 4) is 0 Å². The van der Waals surface area contributed by atoms with Crippen molar-refractivity contribution in [1.82, 2.24) is 4.90 Å². The van der Waals surface area contributed by atoms with Gasteiger partial charge in [0.25, 0.3) is 0 Å². The number of aryl methyl sites for hydroxylation is 2. The Balaban J connectivity index is 2.19. The highest BCUT2D eigenvalue weighted by Crippen LogP contribution is 2.29. The summed E-state index contributed by atoms with van der Waals surface area (Å²) in [6, 6.07) is 3.95. The third-order valence-electron chi connectivity index (χ3n) is 5.06. The van der Waals surface area contributed by atoms with E-state index in [-0.39, 0.29) is 17.6 Å². The minimum Gasteiger partial charge on any atom is -0.466 e. The van der Waals surface area contributed by atoms with E-state index in [1.165, 1.54) is 0 Å². The predicted molar refractivity (Wildman–Crippen MR) is 114 cm³/mol. The van der Waals surface area contributed by atoms with Crippen molar-refractivity contribution in [2.45, 2.75) is 65.7 Å². The Hall–Kier alpha value is -1.89. The van der Waals surface area contributed by atoms with Crippen LogP contribution in [0.15, 0.2) is 27.8 Å². The lowest BCUT2D eigenvalue weighted by atomic mass is 9.95. The van der Waals surface area contributed by atoms with Gasteiger partial charge in [-0.05, 0) is 51.2 Å². The van der Waals surface area contributed by atoms with Gasteiger partial charge in [-0.25, -0.2) is 4.79 Å². The molecule has 0 radical (unpaired) electrons. The van der Waals surface area contributed by atoms with E-state index in [0.717, 1.165) is 36.5 Å². The van der Waals surface area contributed by atoms with Crippen molar-refractivity contribution in [2.75, 3.05) is 24.7 Å². The molecule has 2 rings (SSSR count). The van der Waals surface area contributed by atoms with Crippen LogP contribution < -0.4 is 0 Å². The number of nitrogens with zero attached hydrogens (tertiary/aromatic N) is 1.